The predicted octanol–water partition coefficient (Wildman–Crippen LogP) is -0.802. The van der Waals surface area contributed by atoms with Crippen LogP contribution >= 0.6 is 0 Å². The Morgan fingerprint density at radius 3 is 2.44 bits per heavy atom. The highest BCUT2D eigenvalue weighted by Gasteiger charge is 2.50. The van der Waals surface area contributed by atoms with Gasteiger partial charge in [0.15, 0.2) is 5.82 Å². The van der Waals surface area contributed by atoms with Gasteiger partial charge in [0.25, 0.3) is 0 Å². The first kappa shape index (κ1) is 12.0. The summed E-state index contributed by atoms with van der Waals surface area (Å²) in [6.45, 7) is 0. The molecule has 2 aliphatic rings. The number of aryl methyl sites for hydroxylation is 1. The van der Waals surface area contributed by atoms with Crippen LogP contribution in [0.5, 0.6) is 0 Å². The number of nitrogens with two attached hydrogens (primary N) is 1. The van der Waals surface area contributed by atoms with Crippen LogP contribution in [0.25, 0.3) is 0 Å². The fourth-order valence-electron chi connectivity index (χ4n) is 3.48. The van der Waals surface area contributed by atoms with Gasteiger partial charge < -0.3 is 15.7 Å². The fraction of sp³-hybridized carbons (Fsp3) is 0.909. The third-order valence-electron chi connectivity index (χ3n) is 4.67. The second-order valence-electron chi connectivity index (χ2n) is 5.70. The molecule has 0 aromatic carbocycles. The molecule has 1 aromatic heterocycles. The molecule has 0 radical (unpaired) electrons. The van der Waals surface area contributed by atoms with Crippen molar-refractivity contribution in [1.82, 2.24) is 25.1 Å². The number of hydrogen-bond acceptors (Lipinski definition) is 6. The molecular formula is C11H20N6O. The minimum Gasteiger partial charge on any atom is -0.388 e. The third kappa shape index (κ3) is 1.65. The number of fused-ring (bicyclic) bond motifs is 2. The van der Waals surface area contributed by atoms with Gasteiger partial charge in [0.05, 0.1) is 11.6 Å². The van der Waals surface area contributed by atoms with Crippen molar-refractivity contribution in [3.63, 3.8) is 0 Å². The summed E-state index contributed by atoms with van der Waals surface area (Å²) in [5, 5.41) is 22.2. The predicted molar refractivity (Wildman–Crippen MR) is 64.5 cm³/mol. The van der Waals surface area contributed by atoms with Crippen molar-refractivity contribution >= 4 is 0 Å². The van der Waals surface area contributed by atoms with E-state index in [1.54, 1.807) is 11.7 Å². The van der Waals surface area contributed by atoms with Crippen LogP contribution in [0.2, 0.25) is 0 Å². The summed E-state index contributed by atoms with van der Waals surface area (Å²) in [6, 6.07) is 0.344. The molecule has 7 nitrogen and oxygen atoms in total. The van der Waals surface area contributed by atoms with E-state index in [9.17, 15) is 5.11 Å². The SMILES string of the molecule is CN1C2CCC1CC(O)(C(N)c1nnnn1C)C2. The van der Waals surface area contributed by atoms with Crippen molar-refractivity contribution in [3.05, 3.63) is 5.82 Å². The molecule has 2 fully saturated rings. The largest absolute Gasteiger partial charge is 0.388 e. The minimum absolute atomic E-state index is 0.431. The topological polar surface area (TPSA) is 93.1 Å². The maximum Gasteiger partial charge on any atom is 0.170 e. The summed E-state index contributed by atoms with van der Waals surface area (Å²) in [6.07, 6.45) is 3.70. The lowest BCUT2D eigenvalue weighted by Crippen LogP contribution is -2.54. The van der Waals surface area contributed by atoms with Gasteiger partial charge in [0.1, 0.15) is 0 Å². The highest BCUT2D eigenvalue weighted by Crippen LogP contribution is 2.43. The first-order valence-corrected chi connectivity index (χ1v) is 6.43. The molecule has 2 bridgehead atoms. The molecule has 3 unspecified atom stereocenters. The second kappa shape index (κ2) is 3.97. The summed E-state index contributed by atoms with van der Waals surface area (Å²) in [4.78, 5) is 2.37. The second-order valence-corrected chi connectivity index (χ2v) is 5.70. The van der Waals surface area contributed by atoms with E-state index in [2.05, 4.69) is 27.5 Å². The quantitative estimate of drug-likeness (QED) is 0.715. The van der Waals surface area contributed by atoms with Crippen molar-refractivity contribution in [2.45, 2.75) is 49.4 Å². The Morgan fingerprint density at radius 1 is 1.33 bits per heavy atom. The maximum atomic E-state index is 10.9. The molecule has 0 amide bonds. The number of aliphatic hydroxyl groups is 1. The summed E-state index contributed by atoms with van der Waals surface area (Å²) in [5.74, 6) is 0.557. The average Bonchev–Trinajstić information content (AvgIpc) is 2.82. The van der Waals surface area contributed by atoms with Gasteiger partial charge >= 0.3 is 0 Å². The van der Waals surface area contributed by atoms with Gasteiger partial charge in [0.2, 0.25) is 0 Å². The van der Waals surface area contributed by atoms with E-state index >= 15 is 0 Å². The Labute approximate surface area is 106 Å². The molecule has 1 aromatic rings. The van der Waals surface area contributed by atoms with Crippen LogP contribution in [0.1, 0.15) is 37.5 Å². The molecule has 2 saturated heterocycles. The number of hydrogen-bond donors (Lipinski definition) is 2. The molecule has 18 heavy (non-hydrogen) atoms. The Kier molecular flexibility index (Phi) is 2.65. The van der Waals surface area contributed by atoms with Crippen molar-refractivity contribution in [2.75, 3.05) is 7.05 Å². The third-order valence-corrected chi connectivity index (χ3v) is 4.67. The number of piperidine rings is 1. The van der Waals surface area contributed by atoms with Crippen LogP contribution in [-0.4, -0.2) is 54.9 Å². The lowest BCUT2D eigenvalue weighted by Gasteiger charge is -2.44. The Balaban J connectivity index is 1.86. The van der Waals surface area contributed by atoms with Gasteiger partial charge in [-0.1, -0.05) is 0 Å². The molecule has 100 valence electrons. The molecule has 3 atom stereocenters. The van der Waals surface area contributed by atoms with E-state index < -0.39 is 11.6 Å². The lowest BCUT2D eigenvalue weighted by atomic mass is 9.80. The summed E-state index contributed by atoms with van der Waals surface area (Å²) in [5.41, 5.74) is 5.33. The standard InChI is InChI=1S/C11H20N6O/c1-16-7-3-4-8(16)6-11(18,5-7)9(12)10-13-14-15-17(10)2/h7-9,18H,3-6,12H2,1-2H3. The molecule has 7 heteroatoms. The molecular weight excluding hydrogens is 232 g/mol. The number of tetrazole rings is 1. The monoisotopic (exact) mass is 252 g/mol. The van der Waals surface area contributed by atoms with Gasteiger partial charge in [-0.3, -0.25) is 0 Å². The van der Waals surface area contributed by atoms with E-state index in [1.807, 2.05) is 0 Å². The van der Waals surface area contributed by atoms with Gasteiger partial charge in [-0.25, -0.2) is 4.68 Å². The van der Waals surface area contributed by atoms with Crippen LogP contribution in [0.15, 0.2) is 0 Å². The molecule has 2 aliphatic heterocycles. The highest BCUT2D eigenvalue weighted by atomic mass is 16.3. The first-order valence-electron chi connectivity index (χ1n) is 6.43. The van der Waals surface area contributed by atoms with Gasteiger partial charge in [-0.2, -0.15) is 0 Å². The van der Waals surface area contributed by atoms with Crippen LogP contribution in [0.4, 0.5) is 0 Å². The maximum absolute atomic E-state index is 10.9. The number of rotatable bonds is 2. The molecule has 3 rings (SSSR count). The molecule has 3 heterocycles. The highest BCUT2D eigenvalue weighted by molar-refractivity contribution is 5.09. The van der Waals surface area contributed by atoms with Crippen LogP contribution in [-0.2, 0) is 7.05 Å². The summed E-state index contributed by atoms with van der Waals surface area (Å²) >= 11 is 0. The first-order chi connectivity index (χ1) is 8.51. The Morgan fingerprint density at radius 2 is 1.94 bits per heavy atom. The van der Waals surface area contributed by atoms with E-state index in [-0.39, 0.29) is 0 Å². The molecule has 0 saturated carbocycles. The van der Waals surface area contributed by atoms with Crippen LogP contribution in [0, 0.1) is 0 Å². The molecule has 0 spiro atoms. The smallest absolute Gasteiger partial charge is 0.170 e. The summed E-state index contributed by atoms with van der Waals surface area (Å²) < 4.78 is 1.54. The zero-order chi connectivity index (χ0) is 12.9. The van der Waals surface area contributed by atoms with E-state index in [0.29, 0.717) is 30.7 Å². The molecule has 3 N–H and O–H groups in total. The van der Waals surface area contributed by atoms with Gasteiger partial charge in [-0.05, 0) is 43.2 Å². The van der Waals surface area contributed by atoms with Crippen molar-refractivity contribution in [2.24, 2.45) is 12.8 Å². The summed E-state index contributed by atoms with van der Waals surface area (Å²) in [7, 11) is 3.89. The Bertz CT molecular complexity index is 432. The van der Waals surface area contributed by atoms with Crippen molar-refractivity contribution in [3.8, 4) is 0 Å². The van der Waals surface area contributed by atoms with Gasteiger partial charge in [-0.15, -0.1) is 5.10 Å². The van der Waals surface area contributed by atoms with Gasteiger partial charge in [0, 0.05) is 19.1 Å². The van der Waals surface area contributed by atoms with Crippen molar-refractivity contribution < 1.29 is 5.11 Å². The van der Waals surface area contributed by atoms with E-state index in [1.165, 1.54) is 0 Å². The van der Waals surface area contributed by atoms with Crippen LogP contribution < -0.4 is 5.73 Å². The zero-order valence-corrected chi connectivity index (χ0v) is 10.8. The lowest BCUT2D eigenvalue weighted by molar-refractivity contribution is -0.0653. The average molecular weight is 252 g/mol. The molecule has 0 aliphatic carbocycles. The normalized spacial score (nSPS) is 38.0. The van der Waals surface area contributed by atoms with Crippen molar-refractivity contribution in [1.29, 1.82) is 0 Å². The number of nitrogens with zero attached hydrogens (tertiary/aromatic N) is 5. The van der Waals surface area contributed by atoms with Crippen LogP contribution in [0.3, 0.4) is 0 Å². The number of aromatic nitrogens is 4. The fourth-order valence-corrected chi connectivity index (χ4v) is 3.48. The zero-order valence-electron chi connectivity index (χ0n) is 10.8. The van der Waals surface area contributed by atoms with E-state index in [4.69, 9.17) is 5.73 Å². The minimum atomic E-state index is -0.888. The van der Waals surface area contributed by atoms with E-state index in [0.717, 1.165) is 12.8 Å². The Hall–Kier alpha value is -1.05.